The second-order valence-corrected chi connectivity index (χ2v) is 4.21. The van der Waals surface area contributed by atoms with Crippen molar-refractivity contribution < 1.29 is 9.13 Å². The third-order valence-electron chi connectivity index (χ3n) is 2.60. The number of rotatable bonds is 4. The highest BCUT2D eigenvalue weighted by Gasteiger charge is 2.17. The van der Waals surface area contributed by atoms with Gasteiger partial charge in [-0.1, -0.05) is 6.58 Å². The van der Waals surface area contributed by atoms with Gasteiger partial charge in [0.1, 0.15) is 5.75 Å². The van der Waals surface area contributed by atoms with Gasteiger partial charge in [-0.2, -0.15) is 5.26 Å². The Labute approximate surface area is 120 Å². The van der Waals surface area contributed by atoms with Gasteiger partial charge in [0.25, 0.3) is 0 Å². The van der Waals surface area contributed by atoms with Crippen LogP contribution in [0.3, 0.4) is 0 Å². The van der Waals surface area contributed by atoms with Crippen molar-refractivity contribution in [1.82, 2.24) is 4.98 Å². The zero-order valence-electron chi connectivity index (χ0n) is 10.4. The van der Waals surface area contributed by atoms with Crippen molar-refractivity contribution >= 4 is 17.2 Å². The largest absolute Gasteiger partial charge is 0.453 e. The van der Waals surface area contributed by atoms with Gasteiger partial charge in [-0.15, -0.1) is 11.6 Å². The van der Waals surface area contributed by atoms with Gasteiger partial charge >= 0.3 is 0 Å². The highest BCUT2D eigenvalue weighted by atomic mass is 35.5. The number of ether oxygens (including phenoxy) is 1. The third kappa shape index (κ3) is 2.79. The van der Waals surface area contributed by atoms with E-state index in [1.807, 2.05) is 6.07 Å². The Hall–Kier alpha value is -2.38. The lowest BCUT2D eigenvalue weighted by Gasteiger charge is -2.11. The predicted molar refractivity (Wildman–Crippen MR) is 75.2 cm³/mol. The minimum absolute atomic E-state index is 0.00160. The molecule has 20 heavy (non-hydrogen) atoms. The summed E-state index contributed by atoms with van der Waals surface area (Å²) in [5.41, 5.74) is 0.591. The topological polar surface area (TPSA) is 45.9 Å². The molecule has 0 N–H and O–H groups in total. The average molecular weight is 289 g/mol. The van der Waals surface area contributed by atoms with E-state index < -0.39 is 5.82 Å². The first-order chi connectivity index (χ1) is 9.67. The minimum atomic E-state index is -0.654. The molecule has 0 saturated heterocycles. The Balaban J connectivity index is 2.46. The van der Waals surface area contributed by atoms with Crippen molar-refractivity contribution in [2.45, 2.75) is 0 Å². The standard InChI is InChI=1S/C15H10ClFN2O/c1-10(7-16)14-11(8-18)4-5-13(15(14)17)20-12-3-2-6-19-9-12/h2-6,9H,1,7H2. The summed E-state index contributed by atoms with van der Waals surface area (Å²) in [4.78, 5) is 3.88. The molecule has 100 valence electrons. The van der Waals surface area contributed by atoms with Crippen molar-refractivity contribution in [2.75, 3.05) is 5.88 Å². The molecule has 0 aliphatic heterocycles. The van der Waals surface area contributed by atoms with E-state index >= 15 is 0 Å². The fourth-order valence-electron chi connectivity index (χ4n) is 1.68. The van der Waals surface area contributed by atoms with Gasteiger partial charge in [-0.25, -0.2) is 4.39 Å². The lowest BCUT2D eigenvalue weighted by atomic mass is 10.0. The monoisotopic (exact) mass is 288 g/mol. The highest BCUT2D eigenvalue weighted by Crippen LogP contribution is 2.31. The summed E-state index contributed by atoms with van der Waals surface area (Å²) >= 11 is 5.67. The highest BCUT2D eigenvalue weighted by molar-refractivity contribution is 6.23. The second-order valence-electron chi connectivity index (χ2n) is 3.94. The number of aromatic nitrogens is 1. The minimum Gasteiger partial charge on any atom is -0.453 e. The summed E-state index contributed by atoms with van der Waals surface area (Å²) in [5, 5.41) is 9.02. The summed E-state index contributed by atoms with van der Waals surface area (Å²) in [6.45, 7) is 3.67. The van der Waals surface area contributed by atoms with Gasteiger partial charge in [0.2, 0.25) is 0 Å². The SMILES string of the molecule is C=C(CCl)c1c(C#N)ccc(Oc2cccnc2)c1F. The van der Waals surface area contributed by atoms with Crippen LogP contribution in [-0.4, -0.2) is 10.9 Å². The van der Waals surface area contributed by atoms with Crippen LogP contribution in [0.4, 0.5) is 4.39 Å². The van der Waals surface area contributed by atoms with E-state index in [0.29, 0.717) is 11.3 Å². The number of nitriles is 1. The molecule has 0 bridgehead atoms. The molecule has 3 nitrogen and oxygen atoms in total. The van der Waals surface area contributed by atoms with Crippen LogP contribution in [0.5, 0.6) is 11.5 Å². The lowest BCUT2D eigenvalue weighted by Crippen LogP contribution is -1.98. The van der Waals surface area contributed by atoms with Crippen molar-refractivity contribution in [1.29, 1.82) is 5.26 Å². The molecule has 0 spiro atoms. The molecule has 0 amide bonds. The maximum absolute atomic E-state index is 14.4. The van der Waals surface area contributed by atoms with Crippen molar-refractivity contribution in [2.24, 2.45) is 0 Å². The molecule has 5 heteroatoms. The van der Waals surface area contributed by atoms with E-state index in [2.05, 4.69) is 11.6 Å². The Morgan fingerprint density at radius 1 is 1.45 bits per heavy atom. The fraction of sp³-hybridized carbons (Fsp3) is 0.0667. The zero-order chi connectivity index (χ0) is 14.5. The molecule has 0 radical (unpaired) electrons. The molecular weight excluding hydrogens is 279 g/mol. The van der Waals surface area contributed by atoms with E-state index in [9.17, 15) is 4.39 Å². The number of nitrogens with zero attached hydrogens (tertiary/aromatic N) is 2. The molecule has 0 aliphatic rings. The maximum Gasteiger partial charge on any atom is 0.174 e. The number of allylic oxidation sites excluding steroid dienone is 1. The lowest BCUT2D eigenvalue weighted by molar-refractivity contribution is 0.439. The molecule has 0 aliphatic carbocycles. The summed E-state index contributed by atoms with van der Waals surface area (Å²) in [5.74, 6) is -0.225. The summed E-state index contributed by atoms with van der Waals surface area (Å²) < 4.78 is 19.8. The number of pyridine rings is 1. The average Bonchev–Trinajstić information content (AvgIpc) is 2.49. The predicted octanol–water partition coefficient (Wildman–Crippen LogP) is 4.14. The molecule has 2 rings (SSSR count). The summed E-state index contributed by atoms with van der Waals surface area (Å²) in [6.07, 6.45) is 3.05. The molecule has 2 aromatic rings. The van der Waals surface area contributed by atoms with Crippen LogP contribution in [0.1, 0.15) is 11.1 Å². The maximum atomic E-state index is 14.4. The second kappa shape index (κ2) is 6.18. The fourth-order valence-corrected chi connectivity index (χ4v) is 1.81. The number of hydrogen-bond acceptors (Lipinski definition) is 3. The molecule has 0 atom stereocenters. The van der Waals surface area contributed by atoms with E-state index in [-0.39, 0.29) is 22.8 Å². The van der Waals surface area contributed by atoms with E-state index in [1.54, 1.807) is 18.3 Å². The molecule has 1 aromatic carbocycles. The Kier molecular flexibility index (Phi) is 4.34. The van der Waals surface area contributed by atoms with Gasteiger partial charge in [0.15, 0.2) is 11.6 Å². The van der Waals surface area contributed by atoms with Crippen LogP contribution in [0.2, 0.25) is 0 Å². The normalized spacial score (nSPS) is 9.85. The Morgan fingerprint density at radius 2 is 2.25 bits per heavy atom. The van der Waals surface area contributed by atoms with Crippen LogP contribution >= 0.6 is 11.6 Å². The third-order valence-corrected chi connectivity index (χ3v) is 2.93. The van der Waals surface area contributed by atoms with Gasteiger partial charge in [-0.3, -0.25) is 4.98 Å². The number of benzene rings is 1. The molecule has 1 heterocycles. The van der Waals surface area contributed by atoms with Gasteiger partial charge < -0.3 is 4.74 Å². The van der Waals surface area contributed by atoms with Gasteiger partial charge in [-0.05, 0) is 29.8 Å². The first-order valence-corrected chi connectivity index (χ1v) is 6.25. The smallest absolute Gasteiger partial charge is 0.174 e. The Bertz CT molecular complexity index is 680. The molecule has 0 saturated carbocycles. The van der Waals surface area contributed by atoms with Gasteiger partial charge in [0.05, 0.1) is 17.8 Å². The van der Waals surface area contributed by atoms with Crippen LogP contribution in [0, 0.1) is 17.1 Å². The first kappa shape index (κ1) is 14.0. The first-order valence-electron chi connectivity index (χ1n) is 5.72. The van der Waals surface area contributed by atoms with E-state index in [1.165, 1.54) is 18.3 Å². The number of hydrogen-bond donors (Lipinski definition) is 0. The van der Waals surface area contributed by atoms with E-state index in [4.69, 9.17) is 21.6 Å². The van der Waals surface area contributed by atoms with Crippen LogP contribution in [-0.2, 0) is 0 Å². The molecular formula is C15H10ClFN2O. The van der Waals surface area contributed by atoms with Crippen molar-refractivity contribution in [3.05, 3.63) is 60.2 Å². The summed E-state index contributed by atoms with van der Waals surface area (Å²) in [7, 11) is 0. The van der Waals surface area contributed by atoms with Gasteiger partial charge in [0, 0.05) is 17.6 Å². The summed E-state index contributed by atoms with van der Waals surface area (Å²) in [6, 6.07) is 8.11. The van der Waals surface area contributed by atoms with Crippen molar-refractivity contribution in [3.63, 3.8) is 0 Å². The number of halogens is 2. The van der Waals surface area contributed by atoms with Crippen LogP contribution < -0.4 is 4.74 Å². The van der Waals surface area contributed by atoms with Crippen LogP contribution in [0.15, 0.2) is 43.2 Å². The quantitative estimate of drug-likeness (QED) is 0.794. The van der Waals surface area contributed by atoms with E-state index in [0.717, 1.165) is 0 Å². The number of alkyl halides is 1. The molecule has 1 aromatic heterocycles. The van der Waals surface area contributed by atoms with Crippen LogP contribution in [0.25, 0.3) is 5.57 Å². The Morgan fingerprint density at radius 3 is 2.85 bits per heavy atom. The zero-order valence-corrected chi connectivity index (χ0v) is 11.2. The molecule has 0 fully saturated rings. The molecule has 0 unspecified atom stereocenters. The van der Waals surface area contributed by atoms with Crippen molar-refractivity contribution in [3.8, 4) is 17.6 Å².